The number of alkyl halides is 1. The zero-order valence-corrected chi connectivity index (χ0v) is 12.1. The molecule has 0 fully saturated rings. The highest BCUT2D eigenvalue weighted by atomic mass is 35.5. The minimum Gasteiger partial charge on any atom is -0.355 e. The smallest absolute Gasteiger partial charge is 0.322 e. The van der Waals surface area contributed by atoms with Gasteiger partial charge in [0.25, 0.3) is 0 Å². The van der Waals surface area contributed by atoms with E-state index in [1.165, 1.54) is 4.90 Å². The van der Waals surface area contributed by atoms with Gasteiger partial charge in [-0.25, -0.2) is 4.79 Å². The Morgan fingerprint density at radius 3 is 2.80 bits per heavy atom. The van der Waals surface area contributed by atoms with E-state index in [1.807, 2.05) is 31.2 Å². The van der Waals surface area contributed by atoms with Crippen LogP contribution in [0.5, 0.6) is 0 Å². The van der Waals surface area contributed by atoms with Gasteiger partial charge in [-0.2, -0.15) is 0 Å². The van der Waals surface area contributed by atoms with Crippen LogP contribution >= 0.6 is 11.6 Å². The van der Waals surface area contributed by atoms with Crippen LogP contribution < -0.4 is 15.5 Å². The first-order valence-corrected chi connectivity index (χ1v) is 7.21. The Balaban J connectivity index is 2.25. The van der Waals surface area contributed by atoms with E-state index in [-0.39, 0.29) is 11.9 Å². The predicted molar refractivity (Wildman–Crippen MR) is 79.2 cm³/mol. The third-order valence-corrected chi connectivity index (χ3v) is 3.41. The molecule has 2 N–H and O–H groups in total. The molecule has 108 valence electrons. The SMILES string of the molecule is CCNC(=O)C1Cc2ccccc2N1C(=O)NCCCl. The summed E-state index contributed by atoms with van der Waals surface area (Å²) >= 11 is 5.59. The summed E-state index contributed by atoms with van der Waals surface area (Å²) in [5, 5.41) is 5.49. The number of hydrogen-bond acceptors (Lipinski definition) is 2. The number of carbonyl (C=O) groups excluding carboxylic acids is 2. The van der Waals surface area contributed by atoms with Crippen molar-refractivity contribution in [1.29, 1.82) is 0 Å². The molecule has 0 aromatic heterocycles. The first kappa shape index (κ1) is 14.7. The lowest BCUT2D eigenvalue weighted by Crippen LogP contribution is -2.51. The summed E-state index contributed by atoms with van der Waals surface area (Å²) in [6.45, 7) is 2.78. The molecule has 1 aliphatic heterocycles. The van der Waals surface area contributed by atoms with Gasteiger partial charge in [-0.05, 0) is 18.6 Å². The largest absolute Gasteiger partial charge is 0.355 e. The van der Waals surface area contributed by atoms with Gasteiger partial charge in [0.05, 0.1) is 0 Å². The molecule has 0 aliphatic carbocycles. The maximum atomic E-state index is 12.3. The minimum atomic E-state index is -0.498. The standard InChI is InChI=1S/C14H18ClN3O2/c1-2-16-13(19)12-9-10-5-3-4-6-11(10)18(12)14(20)17-8-7-15/h3-6,12H,2,7-9H2,1H3,(H,16,19)(H,17,20). The first-order chi connectivity index (χ1) is 9.69. The molecule has 1 aromatic rings. The fraction of sp³-hybridized carbons (Fsp3) is 0.429. The van der Waals surface area contributed by atoms with E-state index in [9.17, 15) is 9.59 Å². The molecular formula is C14H18ClN3O2. The summed E-state index contributed by atoms with van der Waals surface area (Å²) in [5.74, 6) is 0.206. The molecule has 1 aliphatic rings. The van der Waals surface area contributed by atoms with Crippen LogP contribution in [0.2, 0.25) is 0 Å². The van der Waals surface area contributed by atoms with Crippen molar-refractivity contribution in [1.82, 2.24) is 10.6 Å². The molecule has 0 saturated carbocycles. The number of benzene rings is 1. The monoisotopic (exact) mass is 295 g/mol. The van der Waals surface area contributed by atoms with Crippen LogP contribution in [0.1, 0.15) is 12.5 Å². The van der Waals surface area contributed by atoms with E-state index in [1.54, 1.807) is 0 Å². The normalized spacial score (nSPS) is 16.7. The third-order valence-electron chi connectivity index (χ3n) is 3.22. The van der Waals surface area contributed by atoms with Gasteiger partial charge in [0, 0.05) is 31.1 Å². The van der Waals surface area contributed by atoms with Gasteiger partial charge in [-0.3, -0.25) is 9.69 Å². The average molecular weight is 296 g/mol. The summed E-state index contributed by atoms with van der Waals surface area (Å²) in [4.78, 5) is 25.9. The van der Waals surface area contributed by atoms with Crippen LogP contribution in [-0.4, -0.2) is 36.9 Å². The molecule has 0 saturated heterocycles. The highest BCUT2D eigenvalue weighted by molar-refractivity contribution is 6.18. The number of fused-ring (bicyclic) bond motifs is 1. The Morgan fingerprint density at radius 2 is 2.10 bits per heavy atom. The Labute approximate surface area is 123 Å². The van der Waals surface area contributed by atoms with Crippen molar-refractivity contribution in [3.05, 3.63) is 29.8 Å². The molecule has 5 nitrogen and oxygen atoms in total. The first-order valence-electron chi connectivity index (χ1n) is 6.67. The summed E-state index contributed by atoms with van der Waals surface area (Å²) in [5.41, 5.74) is 1.79. The van der Waals surface area contributed by atoms with Gasteiger partial charge in [0.2, 0.25) is 5.91 Å². The summed E-state index contributed by atoms with van der Waals surface area (Å²) in [6, 6.07) is 6.79. The van der Waals surface area contributed by atoms with Crippen molar-refractivity contribution in [3.63, 3.8) is 0 Å². The minimum absolute atomic E-state index is 0.135. The lowest BCUT2D eigenvalue weighted by atomic mass is 10.1. The maximum absolute atomic E-state index is 12.3. The van der Waals surface area contributed by atoms with E-state index in [0.29, 0.717) is 25.4 Å². The maximum Gasteiger partial charge on any atom is 0.322 e. The van der Waals surface area contributed by atoms with Gasteiger partial charge in [-0.1, -0.05) is 18.2 Å². The third kappa shape index (κ3) is 2.88. The second-order valence-electron chi connectivity index (χ2n) is 4.53. The summed E-state index contributed by atoms with van der Waals surface area (Å²) in [7, 11) is 0. The molecule has 2 rings (SSSR count). The van der Waals surface area contributed by atoms with E-state index in [0.717, 1.165) is 11.3 Å². The lowest BCUT2D eigenvalue weighted by molar-refractivity contribution is -0.122. The highest BCUT2D eigenvalue weighted by Crippen LogP contribution is 2.32. The number of halogens is 1. The topological polar surface area (TPSA) is 61.4 Å². The molecule has 0 spiro atoms. The highest BCUT2D eigenvalue weighted by Gasteiger charge is 2.37. The molecular weight excluding hydrogens is 278 g/mol. The van der Waals surface area contributed by atoms with Gasteiger partial charge >= 0.3 is 6.03 Å². The number of carbonyl (C=O) groups is 2. The van der Waals surface area contributed by atoms with Crippen LogP contribution in [-0.2, 0) is 11.2 Å². The number of nitrogens with one attached hydrogen (secondary N) is 2. The van der Waals surface area contributed by atoms with Crippen molar-refractivity contribution in [2.24, 2.45) is 0 Å². The summed E-state index contributed by atoms with van der Waals surface area (Å²) in [6.07, 6.45) is 0.538. The predicted octanol–water partition coefficient (Wildman–Crippen LogP) is 1.50. The van der Waals surface area contributed by atoms with E-state index in [2.05, 4.69) is 10.6 Å². The Hall–Kier alpha value is -1.75. The molecule has 6 heteroatoms. The van der Waals surface area contributed by atoms with Gasteiger partial charge in [0.1, 0.15) is 6.04 Å². The molecule has 1 atom stereocenters. The number of hydrogen-bond donors (Lipinski definition) is 2. The van der Waals surface area contributed by atoms with Gasteiger partial charge in [-0.15, -0.1) is 11.6 Å². The second kappa shape index (κ2) is 6.61. The summed E-state index contributed by atoms with van der Waals surface area (Å²) < 4.78 is 0. The van der Waals surface area contributed by atoms with Crippen LogP contribution in [0, 0.1) is 0 Å². The van der Waals surface area contributed by atoms with Crippen LogP contribution in [0.3, 0.4) is 0 Å². The molecule has 1 unspecified atom stereocenters. The van der Waals surface area contributed by atoms with E-state index >= 15 is 0 Å². The number of nitrogens with zero attached hydrogens (tertiary/aromatic N) is 1. The molecule has 0 radical (unpaired) electrons. The van der Waals surface area contributed by atoms with Crippen molar-refractivity contribution >= 4 is 29.2 Å². The van der Waals surface area contributed by atoms with Crippen LogP contribution in [0.25, 0.3) is 0 Å². The second-order valence-corrected chi connectivity index (χ2v) is 4.91. The molecule has 3 amide bonds. The quantitative estimate of drug-likeness (QED) is 0.827. The van der Waals surface area contributed by atoms with Crippen molar-refractivity contribution in [2.45, 2.75) is 19.4 Å². The van der Waals surface area contributed by atoms with Crippen molar-refractivity contribution in [2.75, 3.05) is 23.9 Å². The Kier molecular flexibility index (Phi) is 4.84. The number of rotatable bonds is 4. The molecule has 0 bridgehead atoms. The van der Waals surface area contributed by atoms with E-state index in [4.69, 9.17) is 11.6 Å². The van der Waals surface area contributed by atoms with E-state index < -0.39 is 6.04 Å². The number of amides is 3. The Morgan fingerprint density at radius 1 is 1.35 bits per heavy atom. The van der Waals surface area contributed by atoms with Gasteiger partial charge in [0.15, 0.2) is 0 Å². The number of para-hydroxylation sites is 1. The average Bonchev–Trinajstić information content (AvgIpc) is 2.84. The van der Waals surface area contributed by atoms with Gasteiger partial charge < -0.3 is 10.6 Å². The fourth-order valence-electron chi connectivity index (χ4n) is 2.38. The number of likely N-dealkylation sites (N-methyl/N-ethyl adjacent to an activating group) is 1. The van der Waals surface area contributed by atoms with Crippen molar-refractivity contribution in [3.8, 4) is 0 Å². The zero-order valence-electron chi connectivity index (χ0n) is 11.4. The van der Waals surface area contributed by atoms with Crippen molar-refractivity contribution < 1.29 is 9.59 Å². The lowest BCUT2D eigenvalue weighted by Gasteiger charge is -2.24. The van der Waals surface area contributed by atoms with Crippen LogP contribution in [0.4, 0.5) is 10.5 Å². The Bertz CT molecular complexity index is 507. The molecule has 1 aromatic carbocycles. The zero-order chi connectivity index (χ0) is 14.5. The fourth-order valence-corrected chi connectivity index (χ4v) is 2.47. The number of urea groups is 1. The molecule has 20 heavy (non-hydrogen) atoms. The van der Waals surface area contributed by atoms with Crippen LogP contribution in [0.15, 0.2) is 24.3 Å². The molecule has 1 heterocycles. The number of anilines is 1.